The standard InChI is InChI=1S/C14H13N3S/c1-9-2-4-12(11(15)6-9)17-10-3-5-13-14(7-10)18-8-16-13/h2-8,17H,15H2,1H3. The molecule has 0 amide bonds. The van der Waals surface area contributed by atoms with Crippen LogP contribution in [-0.2, 0) is 0 Å². The average Bonchev–Trinajstić information content (AvgIpc) is 2.80. The highest BCUT2D eigenvalue weighted by Crippen LogP contribution is 2.27. The fourth-order valence-electron chi connectivity index (χ4n) is 1.88. The van der Waals surface area contributed by atoms with Crippen molar-refractivity contribution in [2.45, 2.75) is 6.92 Å². The van der Waals surface area contributed by atoms with E-state index in [9.17, 15) is 0 Å². The Morgan fingerprint density at radius 3 is 2.89 bits per heavy atom. The third-order valence-electron chi connectivity index (χ3n) is 2.82. The van der Waals surface area contributed by atoms with E-state index in [1.807, 2.05) is 42.8 Å². The Morgan fingerprint density at radius 2 is 2.06 bits per heavy atom. The number of rotatable bonds is 2. The van der Waals surface area contributed by atoms with Gasteiger partial charge in [-0.2, -0.15) is 0 Å². The maximum Gasteiger partial charge on any atom is 0.0813 e. The van der Waals surface area contributed by atoms with Crippen LogP contribution in [0.25, 0.3) is 10.2 Å². The van der Waals surface area contributed by atoms with Gasteiger partial charge in [0.2, 0.25) is 0 Å². The molecule has 1 aromatic heterocycles. The molecule has 3 N–H and O–H groups in total. The average molecular weight is 255 g/mol. The van der Waals surface area contributed by atoms with Gasteiger partial charge in [-0.15, -0.1) is 11.3 Å². The molecule has 0 saturated heterocycles. The van der Waals surface area contributed by atoms with Crippen LogP contribution in [0.1, 0.15) is 5.56 Å². The van der Waals surface area contributed by atoms with Gasteiger partial charge in [-0.05, 0) is 42.8 Å². The van der Waals surface area contributed by atoms with Gasteiger partial charge in [0, 0.05) is 5.69 Å². The van der Waals surface area contributed by atoms with E-state index in [0.29, 0.717) is 0 Å². The van der Waals surface area contributed by atoms with E-state index in [-0.39, 0.29) is 0 Å². The van der Waals surface area contributed by atoms with E-state index in [4.69, 9.17) is 5.73 Å². The molecule has 0 atom stereocenters. The summed E-state index contributed by atoms with van der Waals surface area (Å²) >= 11 is 1.64. The maximum atomic E-state index is 5.99. The first-order valence-corrected chi connectivity index (χ1v) is 6.57. The Labute approximate surface area is 109 Å². The topological polar surface area (TPSA) is 50.9 Å². The van der Waals surface area contributed by atoms with Crippen molar-refractivity contribution in [2.24, 2.45) is 0 Å². The molecule has 0 aliphatic rings. The second-order valence-electron chi connectivity index (χ2n) is 4.25. The maximum absolute atomic E-state index is 5.99. The molecule has 90 valence electrons. The van der Waals surface area contributed by atoms with Crippen molar-refractivity contribution >= 4 is 38.6 Å². The summed E-state index contributed by atoms with van der Waals surface area (Å²) in [5.41, 5.74) is 12.8. The SMILES string of the molecule is Cc1ccc(Nc2ccc3ncsc3c2)c(N)c1. The van der Waals surface area contributed by atoms with Crippen LogP contribution in [0.4, 0.5) is 17.1 Å². The number of anilines is 3. The van der Waals surface area contributed by atoms with Gasteiger partial charge >= 0.3 is 0 Å². The van der Waals surface area contributed by atoms with Crippen molar-refractivity contribution in [3.8, 4) is 0 Å². The third kappa shape index (κ3) is 2.02. The lowest BCUT2D eigenvalue weighted by atomic mass is 10.2. The lowest BCUT2D eigenvalue weighted by molar-refractivity contribution is 1.45. The normalized spacial score (nSPS) is 10.7. The molecule has 0 aliphatic carbocycles. The molecule has 0 radical (unpaired) electrons. The smallest absolute Gasteiger partial charge is 0.0813 e. The molecule has 4 heteroatoms. The zero-order valence-corrected chi connectivity index (χ0v) is 10.8. The number of nitrogens with one attached hydrogen (secondary N) is 1. The van der Waals surface area contributed by atoms with Crippen LogP contribution in [0.2, 0.25) is 0 Å². The minimum absolute atomic E-state index is 0.763. The van der Waals surface area contributed by atoms with Crippen LogP contribution in [0, 0.1) is 6.92 Å². The Hall–Kier alpha value is -2.07. The molecular formula is C14H13N3S. The molecule has 3 rings (SSSR count). The second kappa shape index (κ2) is 4.31. The highest BCUT2D eigenvalue weighted by Gasteiger charge is 2.02. The monoisotopic (exact) mass is 255 g/mol. The predicted octanol–water partition coefficient (Wildman–Crippen LogP) is 3.93. The summed E-state index contributed by atoms with van der Waals surface area (Å²) in [6.45, 7) is 2.03. The number of benzene rings is 2. The van der Waals surface area contributed by atoms with Gasteiger partial charge in [0.25, 0.3) is 0 Å². The first-order chi connectivity index (χ1) is 8.72. The number of aromatic nitrogens is 1. The van der Waals surface area contributed by atoms with Crippen molar-refractivity contribution < 1.29 is 0 Å². The van der Waals surface area contributed by atoms with Crippen LogP contribution >= 0.6 is 11.3 Å². The second-order valence-corrected chi connectivity index (χ2v) is 5.14. The van der Waals surface area contributed by atoms with Crippen molar-refractivity contribution in [1.29, 1.82) is 0 Å². The summed E-state index contributed by atoms with van der Waals surface area (Å²) in [6.07, 6.45) is 0. The molecule has 2 aromatic carbocycles. The number of nitrogens with two attached hydrogens (primary N) is 1. The van der Waals surface area contributed by atoms with Crippen LogP contribution in [0.3, 0.4) is 0 Å². The van der Waals surface area contributed by atoms with Crippen LogP contribution in [-0.4, -0.2) is 4.98 Å². The first-order valence-electron chi connectivity index (χ1n) is 5.69. The summed E-state index contributed by atoms with van der Waals surface area (Å²) in [5, 5.41) is 3.34. The van der Waals surface area contributed by atoms with Gasteiger partial charge in [0.15, 0.2) is 0 Å². The quantitative estimate of drug-likeness (QED) is 0.682. The fourth-order valence-corrected chi connectivity index (χ4v) is 2.60. The van der Waals surface area contributed by atoms with Crippen molar-refractivity contribution in [1.82, 2.24) is 4.98 Å². The highest BCUT2D eigenvalue weighted by atomic mass is 32.1. The zero-order chi connectivity index (χ0) is 12.5. The number of fused-ring (bicyclic) bond motifs is 1. The van der Waals surface area contributed by atoms with E-state index < -0.39 is 0 Å². The Balaban J connectivity index is 1.95. The van der Waals surface area contributed by atoms with Gasteiger partial charge in [0.1, 0.15) is 0 Å². The lowest BCUT2D eigenvalue weighted by Gasteiger charge is -2.09. The van der Waals surface area contributed by atoms with Crippen molar-refractivity contribution in [3.63, 3.8) is 0 Å². The van der Waals surface area contributed by atoms with Crippen molar-refractivity contribution in [2.75, 3.05) is 11.1 Å². The number of hydrogen-bond donors (Lipinski definition) is 2. The lowest BCUT2D eigenvalue weighted by Crippen LogP contribution is -1.96. The molecule has 0 spiro atoms. The molecule has 3 nitrogen and oxygen atoms in total. The fraction of sp³-hybridized carbons (Fsp3) is 0.0714. The van der Waals surface area contributed by atoms with Crippen LogP contribution in [0.15, 0.2) is 41.9 Å². The van der Waals surface area contributed by atoms with Gasteiger partial charge < -0.3 is 11.1 Å². The number of nitrogen functional groups attached to an aromatic ring is 1. The summed E-state index contributed by atoms with van der Waals surface area (Å²) < 4.78 is 1.17. The van der Waals surface area contributed by atoms with E-state index in [2.05, 4.69) is 16.4 Å². The highest BCUT2D eigenvalue weighted by molar-refractivity contribution is 7.16. The Bertz CT molecular complexity index is 703. The van der Waals surface area contributed by atoms with Gasteiger partial charge in [-0.25, -0.2) is 4.98 Å². The van der Waals surface area contributed by atoms with Crippen LogP contribution in [0.5, 0.6) is 0 Å². The number of nitrogens with zero attached hydrogens (tertiary/aromatic N) is 1. The Morgan fingerprint density at radius 1 is 1.17 bits per heavy atom. The minimum atomic E-state index is 0.763. The number of thiazole rings is 1. The number of hydrogen-bond acceptors (Lipinski definition) is 4. The first kappa shape index (κ1) is 11.0. The molecule has 0 bridgehead atoms. The summed E-state index contributed by atoms with van der Waals surface area (Å²) in [5.74, 6) is 0. The molecule has 18 heavy (non-hydrogen) atoms. The van der Waals surface area contributed by atoms with Gasteiger partial charge in [-0.3, -0.25) is 0 Å². The minimum Gasteiger partial charge on any atom is -0.397 e. The summed E-state index contributed by atoms with van der Waals surface area (Å²) in [6, 6.07) is 12.1. The van der Waals surface area contributed by atoms with Gasteiger partial charge in [-0.1, -0.05) is 6.07 Å². The van der Waals surface area contributed by atoms with E-state index in [0.717, 1.165) is 28.1 Å². The molecule has 3 aromatic rings. The number of aryl methyl sites for hydroxylation is 1. The molecular weight excluding hydrogens is 242 g/mol. The summed E-state index contributed by atoms with van der Waals surface area (Å²) in [7, 11) is 0. The molecule has 0 fully saturated rings. The molecule has 0 unspecified atom stereocenters. The zero-order valence-electron chi connectivity index (χ0n) is 9.97. The van der Waals surface area contributed by atoms with E-state index in [1.54, 1.807) is 11.3 Å². The predicted molar refractivity (Wildman–Crippen MR) is 78.5 cm³/mol. The van der Waals surface area contributed by atoms with Gasteiger partial charge in [0.05, 0.1) is 27.1 Å². The summed E-state index contributed by atoms with van der Waals surface area (Å²) in [4.78, 5) is 4.26. The van der Waals surface area contributed by atoms with Crippen LogP contribution < -0.4 is 11.1 Å². The molecule has 1 heterocycles. The third-order valence-corrected chi connectivity index (χ3v) is 3.61. The van der Waals surface area contributed by atoms with E-state index >= 15 is 0 Å². The largest absolute Gasteiger partial charge is 0.397 e. The van der Waals surface area contributed by atoms with Crippen molar-refractivity contribution in [3.05, 3.63) is 47.5 Å². The molecule has 0 aliphatic heterocycles. The Kier molecular flexibility index (Phi) is 2.64. The van der Waals surface area contributed by atoms with E-state index in [1.165, 1.54) is 4.70 Å². The molecule has 0 saturated carbocycles.